The maximum Gasteiger partial charge on any atom is 0.222 e. The van der Waals surface area contributed by atoms with Gasteiger partial charge in [-0.25, -0.2) is 4.98 Å². The topological polar surface area (TPSA) is 63.8 Å². The largest absolute Gasteiger partial charge is 0.370 e. The Hall–Kier alpha value is -3.03. The molecule has 3 N–H and O–H groups in total. The Kier molecular flexibility index (Phi) is 5.40. The Balaban J connectivity index is 1.73. The molecular formula is C21H19ClN4. The van der Waals surface area contributed by atoms with Crippen LogP contribution in [0.4, 0.5) is 11.8 Å². The first-order chi connectivity index (χ1) is 12.6. The molecule has 0 spiro atoms. The third-order valence-corrected chi connectivity index (χ3v) is 4.54. The number of terminal acetylenes is 1. The highest BCUT2D eigenvalue weighted by Gasteiger charge is 2.09. The molecule has 0 amide bonds. The van der Waals surface area contributed by atoms with E-state index in [9.17, 15) is 0 Å². The standard InChI is InChI=1S/C21H19ClN4/c1-3-15-7-9-16(10-8-15)11-12-24-20-13-19(25-21(23)26-20)17-5-4-6-18(22)14(17)2/h1,4-10,13H,11-12H2,2H3,(H3,23,24,25,26). The van der Waals surface area contributed by atoms with Gasteiger partial charge in [-0.15, -0.1) is 6.42 Å². The molecule has 130 valence electrons. The van der Waals surface area contributed by atoms with E-state index in [2.05, 4.69) is 21.2 Å². The van der Waals surface area contributed by atoms with E-state index >= 15 is 0 Å². The van der Waals surface area contributed by atoms with Crippen LogP contribution in [0.2, 0.25) is 5.02 Å². The molecule has 0 aliphatic carbocycles. The lowest BCUT2D eigenvalue weighted by molar-refractivity contribution is 1.00. The van der Waals surface area contributed by atoms with E-state index in [1.165, 1.54) is 5.56 Å². The lowest BCUT2D eigenvalue weighted by Crippen LogP contribution is -2.08. The molecule has 3 aromatic rings. The molecule has 0 atom stereocenters. The average Bonchev–Trinajstić information content (AvgIpc) is 2.64. The van der Waals surface area contributed by atoms with Crippen molar-refractivity contribution < 1.29 is 0 Å². The molecule has 3 rings (SSSR count). The van der Waals surface area contributed by atoms with Crippen molar-refractivity contribution >= 4 is 23.4 Å². The molecule has 5 heteroatoms. The normalized spacial score (nSPS) is 10.3. The molecule has 0 aliphatic heterocycles. The van der Waals surface area contributed by atoms with E-state index in [1.54, 1.807) is 0 Å². The number of hydrogen-bond donors (Lipinski definition) is 2. The molecule has 0 unspecified atom stereocenters. The van der Waals surface area contributed by atoms with Crippen LogP contribution in [-0.2, 0) is 6.42 Å². The Bertz CT molecular complexity index is 959. The van der Waals surface area contributed by atoms with Crippen molar-refractivity contribution in [3.05, 3.63) is 70.2 Å². The summed E-state index contributed by atoms with van der Waals surface area (Å²) < 4.78 is 0. The first kappa shape index (κ1) is 17.8. The van der Waals surface area contributed by atoms with Gasteiger partial charge in [0, 0.05) is 28.8 Å². The number of rotatable bonds is 5. The SMILES string of the molecule is C#Cc1ccc(CCNc2cc(-c3cccc(Cl)c3C)nc(N)n2)cc1. The van der Waals surface area contributed by atoms with E-state index in [1.807, 2.05) is 55.5 Å². The second kappa shape index (κ2) is 7.90. The molecular weight excluding hydrogens is 344 g/mol. The van der Waals surface area contributed by atoms with Crippen LogP contribution in [0.1, 0.15) is 16.7 Å². The van der Waals surface area contributed by atoms with Crippen molar-refractivity contribution in [3.8, 4) is 23.6 Å². The smallest absolute Gasteiger partial charge is 0.222 e. The summed E-state index contributed by atoms with van der Waals surface area (Å²) >= 11 is 6.21. The van der Waals surface area contributed by atoms with Gasteiger partial charge in [0.25, 0.3) is 0 Å². The van der Waals surface area contributed by atoms with Crippen molar-refractivity contribution in [2.24, 2.45) is 0 Å². The van der Waals surface area contributed by atoms with E-state index in [0.29, 0.717) is 10.8 Å². The van der Waals surface area contributed by atoms with Gasteiger partial charge in [0.1, 0.15) is 5.82 Å². The van der Waals surface area contributed by atoms with E-state index in [4.69, 9.17) is 23.8 Å². The number of hydrogen-bond acceptors (Lipinski definition) is 4. The molecule has 4 nitrogen and oxygen atoms in total. The molecule has 1 aromatic heterocycles. The van der Waals surface area contributed by atoms with Gasteiger partial charge in [0.05, 0.1) is 5.69 Å². The molecule has 2 aromatic carbocycles. The lowest BCUT2D eigenvalue weighted by atomic mass is 10.1. The van der Waals surface area contributed by atoms with Crippen molar-refractivity contribution in [3.63, 3.8) is 0 Å². The zero-order chi connectivity index (χ0) is 18.5. The Morgan fingerprint density at radius 3 is 2.65 bits per heavy atom. The molecule has 0 radical (unpaired) electrons. The molecule has 0 bridgehead atoms. The number of nitrogens with one attached hydrogen (secondary N) is 1. The zero-order valence-corrected chi connectivity index (χ0v) is 15.2. The van der Waals surface area contributed by atoms with Gasteiger partial charge in [0.2, 0.25) is 5.95 Å². The Morgan fingerprint density at radius 1 is 1.15 bits per heavy atom. The van der Waals surface area contributed by atoms with Crippen molar-refractivity contribution in [1.82, 2.24) is 9.97 Å². The van der Waals surface area contributed by atoms with Gasteiger partial charge in [0.15, 0.2) is 0 Å². The second-order valence-electron chi connectivity index (χ2n) is 5.93. The highest BCUT2D eigenvalue weighted by molar-refractivity contribution is 6.31. The van der Waals surface area contributed by atoms with Crippen LogP contribution in [-0.4, -0.2) is 16.5 Å². The summed E-state index contributed by atoms with van der Waals surface area (Å²) in [4.78, 5) is 8.61. The van der Waals surface area contributed by atoms with Crippen LogP contribution in [0.15, 0.2) is 48.5 Å². The summed E-state index contributed by atoms with van der Waals surface area (Å²) in [6.07, 6.45) is 6.22. The second-order valence-corrected chi connectivity index (χ2v) is 6.33. The summed E-state index contributed by atoms with van der Waals surface area (Å²) in [5.41, 5.74) is 10.6. The van der Waals surface area contributed by atoms with Crippen molar-refractivity contribution in [2.45, 2.75) is 13.3 Å². The third-order valence-electron chi connectivity index (χ3n) is 4.13. The van der Waals surface area contributed by atoms with Crippen molar-refractivity contribution in [2.75, 3.05) is 17.6 Å². The van der Waals surface area contributed by atoms with Crippen LogP contribution < -0.4 is 11.1 Å². The van der Waals surface area contributed by atoms with E-state index in [-0.39, 0.29) is 5.95 Å². The van der Waals surface area contributed by atoms with Gasteiger partial charge in [-0.3, -0.25) is 0 Å². The minimum absolute atomic E-state index is 0.225. The Morgan fingerprint density at radius 2 is 1.92 bits per heavy atom. The minimum atomic E-state index is 0.225. The first-order valence-corrected chi connectivity index (χ1v) is 8.64. The summed E-state index contributed by atoms with van der Waals surface area (Å²) in [5, 5.41) is 4.00. The molecule has 0 saturated heterocycles. The van der Waals surface area contributed by atoms with Crippen LogP contribution in [0.25, 0.3) is 11.3 Å². The summed E-state index contributed by atoms with van der Waals surface area (Å²) in [6, 6.07) is 15.6. The van der Waals surface area contributed by atoms with E-state index in [0.717, 1.165) is 35.3 Å². The maximum absolute atomic E-state index is 6.21. The van der Waals surface area contributed by atoms with Crippen LogP contribution in [0.3, 0.4) is 0 Å². The van der Waals surface area contributed by atoms with Gasteiger partial charge in [-0.05, 0) is 42.7 Å². The Labute approximate surface area is 158 Å². The predicted octanol–water partition coefficient (Wildman–Crippen LogP) is 4.32. The molecule has 0 saturated carbocycles. The number of nitrogens with zero attached hydrogens (tertiary/aromatic N) is 2. The van der Waals surface area contributed by atoms with E-state index < -0.39 is 0 Å². The molecule has 1 heterocycles. The number of anilines is 2. The van der Waals surface area contributed by atoms with Gasteiger partial charge in [-0.1, -0.05) is 41.8 Å². The fraction of sp³-hybridized carbons (Fsp3) is 0.143. The zero-order valence-electron chi connectivity index (χ0n) is 14.5. The highest BCUT2D eigenvalue weighted by atomic mass is 35.5. The fourth-order valence-corrected chi connectivity index (χ4v) is 2.86. The van der Waals surface area contributed by atoms with Gasteiger partial charge in [-0.2, -0.15) is 4.98 Å². The highest BCUT2D eigenvalue weighted by Crippen LogP contribution is 2.28. The van der Waals surface area contributed by atoms with Crippen LogP contribution >= 0.6 is 11.6 Å². The van der Waals surface area contributed by atoms with Crippen LogP contribution in [0, 0.1) is 19.3 Å². The average molecular weight is 363 g/mol. The maximum atomic E-state index is 6.21. The summed E-state index contributed by atoms with van der Waals surface area (Å²) in [7, 11) is 0. The fourth-order valence-electron chi connectivity index (χ4n) is 2.68. The first-order valence-electron chi connectivity index (χ1n) is 8.26. The van der Waals surface area contributed by atoms with Gasteiger partial charge < -0.3 is 11.1 Å². The lowest BCUT2D eigenvalue weighted by Gasteiger charge is -2.11. The quantitative estimate of drug-likeness (QED) is 0.663. The summed E-state index contributed by atoms with van der Waals surface area (Å²) in [6.45, 7) is 2.68. The number of nitrogen functional groups attached to an aromatic ring is 1. The van der Waals surface area contributed by atoms with Crippen LogP contribution in [0.5, 0.6) is 0 Å². The number of nitrogens with two attached hydrogens (primary N) is 1. The number of aromatic nitrogens is 2. The number of halogens is 1. The molecule has 26 heavy (non-hydrogen) atoms. The van der Waals surface area contributed by atoms with Crippen molar-refractivity contribution in [1.29, 1.82) is 0 Å². The summed E-state index contributed by atoms with van der Waals surface area (Å²) in [5.74, 6) is 3.53. The monoisotopic (exact) mass is 362 g/mol. The minimum Gasteiger partial charge on any atom is -0.370 e. The molecule has 0 aliphatic rings. The molecule has 0 fully saturated rings. The third kappa shape index (κ3) is 4.14. The predicted molar refractivity (Wildman–Crippen MR) is 108 cm³/mol. The van der Waals surface area contributed by atoms with Gasteiger partial charge >= 0.3 is 0 Å². The number of benzene rings is 2.